The summed E-state index contributed by atoms with van der Waals surface area (Å²) in [5, 5.41) is 59.9. The van der Waals surface area contributed by atoms with E-state index in [0.29, 0.717) is 6.42 Å². The summed E-state index contributed by atoms with van der Waals surface area (Å²) in [6.45, 7) is 16.6. The standard InChI is InChI=1S/C42H72N2O15/c1-14-29-42(10,50)36-23(4)31(43-51)21(2)18-41(9,54-16-15-27(20-53-36)37(47)48)35(59-39-32(45)28(44(11)12)17-22(3)55-39)24(5)33(25(6)38(49)57-29)58-30-19-40(8,52-13)34(46)26(7)56-30/h15,21-26,28-30,32-36,39,45-46,50-51H,14,16-20H2,1-13H3,(H,47,48)/b27-15+,43-31+/t21-,22-,23+,24+,25-,26+,28+,29-,30+,32-,33+,34+,35-,36-,39+,40-,41+,42-/m1/s1. The summed E-state index contributed by atoms with van der Waals surface area (Å²) in [5.74, 6) is -5.29. The number of hydrogen-bond acceptors (Lipinski definition) is 16. The zero-order chi connectivity index (χ0) is 44.4. The zero-order valence-electron chi connectivity index (χ0n) is 37.2. The number of cyclic esters (lactones) is 1. The summed E-state index contributed by atoms with van der Waals surface area (Å²) in [5.41, 5.74) is -4.36. The van der Waals surface area contributed by atoms with Crippen LogP contribution in [0.1, 0.15) is 94.9 Å². The van der Waals surface area contributed by atoms with Crippen LogP contribution in [-0.2, 0) is 47.5 Å². The van der Waals surface area contributed by atoms with Gasteiger partial charge >= 0.3 is 11.9 Å². The normalized spacial score (nSPS) is 47.5. The van der Waals surface area contributed by atoms with Gasteiger partial charge < -0.3 is 68.4 Å². The van der Waals surface area contributed by atoms with Crippen molar-refractivity contribution >= 4 is 17.7 Å². The van der Waals surface area contributed by atoms with E-state index in [2.05, 4.69) is 5.16 Å². The molecule has 4 heterocycles. The van der Waals surface area contributed by atoms with Crippen molar-refractivity contribution in [2.24, 2.45) is 28.8 Å². The maximum Gasteiger partial charge on any atom is 0.333 e. The number of ether oxygens (including phenoxy) is 8. The van der Waals surface area contributed by atoms with Crippen LogP contribution in [0, 0.1) is 23.7 Å². The number of carbonyl (C=O) groups excluding carboxylic acids is 1. The van der Waals surface area contributed by atoms with Crippen molar-refractivity contribution in [2.75, 3.05) is 34.4 Å². The van der Waals surface area contributed by atoms with E-state index in [9.17, 15) is 35.2 Å². The molecule has 3 saturated heterocycles. The lowest BCUT2D eigenvalue weighted by Gasteiger charge is -2.50. The van der Waals surface area contributed by atoms with Crippen molar-refractivity contribution in [1.82, 2.24) is 4.90 Å². The van der Waals surface area contributed by atoms with Crippen LogP contribution >= 0.6 is 0 Å². The number of aliphatic carboxylic acids is 1. The van der Waals surface area contributed by atoms with Crippen molar-refractivity contribution < 1.29 is 73.1 Å². The predicted octanol–water partition coefficient (Wildman–Crippen LogP) is 3.12. The second kappa shape index (κ2) is 19.8. The van der Waals surface area contributed by atoms with Gasteiger partial charge in [0.15, 0.2) is 12.6 Å². The first-order chi connectivity index (χ1) is 27.5. The van der Waals surface area contributed by atoms with Crippen molar-refractivity contribution in [3.8, 4) is 0 Å². The maximum atomic E-state index is 14.6. The Labute approximate surface area is 349 Å². The molecule has 0 amide bonds. The second-order valence-corrected chi connectivity index (χ2v) is 18.2. The molecule has 17 heteroatoms. The number of likely N-dealkylation sites (N-methyl/N-ethyl adjacent to an activating group) is 1. The van der Waals surface area contributed by atoms with Crippen molar-refractivity contribution in [3.63, 3.8) is 0 Å². The van der Waals surface area contributed by atoms with Gasteiger partial charge in [-0.15, -0.1) is 0 Å². The fourth-order valence-corrected chi connectivity index (χ4v) is 9.75. The number of carboxylic acid groups (broad SMARTS) is 1. The van der Waals surface area contributed by atoms with Gasteiger partial charge in [-0.25, -0.2) is 4.79 Å². The van der Waals surface area contributed by atoms with Gasteiger partial charge in [0, 0.05) is 37.3 Å². The molecule has 0 aromatic carbocycles. The van der Waals surface area contributed by atoms with Gasteiger partial charge in [0.2, 0.25) is 0 Å². The van der Waals surface area contributed by atoms with E-state index in [-0.39, 0.29) is 49.3 Å². The van der Waals surface area contributed by atoms with E-state index >= 15 is 0 Å². The average Bonchev–Trinajstić information content (AvgIpc) is 3.15. The van der Waals surface area contributed by atoms with Crippen LogP contribution < -0.4 is 0 Å². The second-order valence-electron chi connectivity index (χ2n) is 18.2. The number of aliphatic hydroxyl groups is 3. The Morgan fingerprint density at radius 3 is 2.25 bits per heavy atom. The van der Waals surface area contributed by atoms with Gasteiger partial charge in [0.05, 0.1) is 72.1 Å². The highest BCUT2D eigenvalue weighted by Crippen LogP contribution is 2.43. The first-order valence-corrected chi connectivity index (χ1v) is 21.0. The number of carbonyl (C=O) groups is 2. The molecule has 5 N–H and O–H groups in total. The zero-order valence-corrected chi connectivity index (χ0v) is 37.2. The minimum atomic E-state index is -1.93. The Kier molecular flexibility index (Phi) is 16.6. The molecular weight excluding hydrogens is 772 g/mol. The number of carboxylic acids is 1. The molecule has 0 aliphatic carbocycles. The van der Waals surface area contributed by atoms with E-state index < -0.39 is 114 Å². The van der Waals surface area contributed by atoms with Crippen molar-refractivity contribution in [2.45, 2.75) is 179 Å². The van der Waals surface area contributed by atoms with E-state index in [1.54, 1.807) is 41.5 Å². The topological polar surface area (TPSA) is 225 Å². The fourth-order valence-electron chi connectivity index (χ4n) is 9.75. The summed E-state index contributed by atoms with van der Waals surface area (Å²) >= 11 is 0. The molecule has 4 aliphatic heterocycles. The number of aliphatic hydroxyl groups excluding tert-OH is 2. The van der Waals surface area contributed by atoms with Crippen LogP contribution in [-0.4, -0.2) is 167 Å². The molecule has 0 radical (unpaired) electrons. The lowest BCUT2D eigenvalue weighted by atomic mass is 9.73. The van der Waals surface area contributed by atoms with E-state index in [0.717, 1.165) is 0 Å². The lowest BCUT2D eigenvalue weighted by Crippen LogP contribution is -2.62. The molecule has 0 saturated carbocycles. The lowest BCUT2D eigenvalue weighted by molar-refractivity contribution is -0.320. The van der Waals surface area contributed by atoms with Gasteiger partial charge in [0.1, 0.15) is 23.9 Å². The highest BCUT2D eigenvalue weighted by molar-refractivity contribution is 5.89. The first kappa shape index (κ1) is 49.4. The molecule has 17 nitrogen and oxygen atoms in total. The minimum absolute atomic E-state index is 0.0884. The van der Waals surface area contributed by atoms with Gasteiger partial charge in [-0.2, -0.15) is 0 Å². The Hall–Kier alpha value is -2.29. The number of oxime groups is 1. The average molecular weight is 845 g/mol. The third-order valence-electron chi connectivity index (χ3n) is 13.3. The summed E-state index contributed by atoms with van der Waals surface area (Å²) < 4.78 is 51.3. The van der Waals surface area contributed by atoms with Crippen LogP contribution in [0.3, 0.4) is 0 Å². The number of rotatable bonds is 8. The quantitative estimate of drug-likeness (QED) is 0.134. The molecule has 0 spiro atoms. The predicted molar refractivity (Wildman–Crippen MR) is 214 cm³/mol. The van der Waals surface area contributed by atoms with E-state index in [1.807, 2.05) is 39.8 Å². The Morgan fingerprint density at radius 1 is 1.02 bits per heavy atom. The molecule has 18 atom stereocenters. The SMILES string of the molecule is CC[C@H]1OC(=O)[C@H](C)[C@@H](O[C@H]2C[C@@](C)(OC)[C@@H](O)[C@H](C)O2)[C@H](C)[C@@H](O[C@@H]2O[C@H](C)C[C@H](N(C)C)[C@H]2O)[C@]2(C)C[C@@H](C)/C(=N\O)[C@H](C)[C@@H](OC/C(C(=O)O)=C\CO2)[C@]1(C)O. The third-order valence-corrected chi connectivity index (χ3v) is 13.3. The van der Waals surface area contributed by atoms with E-state index in [4.69, 9.17) is 37.9 Å². The molecule has 3 fully saturated rings. The van der Waals surface area contributed by atoms with Gasteiger partial charge in [-0.3, -0.25) is 4.79 Å². The molecule has 59 heavy (non-hydrogen) atoms. The van der Waals surface area contributed by atoms with Crippen LogP contribution in [0.25, 0.3) is 0 Å². The van der Waals surface area contributed by atoms with Gasteiger partial charge in [0.25, 0.3) is 0 Å². The Morgan fingerprint density at radius 2 is 1.68 bits per heavy atom. The maximum absolute atomic E-state index is 14.6. The van der Waals surface area contributed by atoms with Gasteiger partial charge in [-0.1, -0.05) is 32.9 Å². The Balaban J connectivity index is 2.01. The number of methoxy groups -OCH3 is 1. The molecule has 0 aromatic heterocycles. The minimum Gasteiger partial charge on any atom is -0.478 e. The van der Waals surface area contributed by atoms with Crippen molar-refractivity contribution in [1.29, 1.82) is 0 Å². The summed E-state index contributed by atoms with van der Waals surface area (Å²) in [6.07, 6.45) is -7.68. The largest absolute Gasteiger partial charge is 0.478 e. The summed E-state index contributed by atoms with van der Waals surface area (Å²) in [6, 6.07) is -0.344. The smallest absolute Gasteiger partial charge is 0.333 e. The van der Waals surface area contributed by atoms with E-state index in [1.165, 1.54) is 20.1 Å². The van der Waals surface area contributed by atoms with Crippen LogP contribution in [0.4, 0.5) is 0 Å². The highest BCUT2D eigenvalue weighted by atomic mass is 16.7. The van der Waals surface area contributed by atoms with Crippen LogP contribution in [0.15, 0.2) is 16.8 Å². The highest BCUT2D eigenvalue weighted by Gasteiger charge is 2.54. The molecule has 0 aromatic rings. The molecule has 2 bridgehead atoms. The number of nitrogens with zero attached hydrogens (tertiary/aromatic N) is 2. The molecule has 4 aliphatic rings. The van der Waals surface area contributed by atoms with Crippen LogP contribution in [0.2, 0.25) is 0 Å². The third kappa shape index (κ3) is 10.7. The van der Waals surface area contributed by atoms with Crippen LogP contribution in [0.5, 0.6) is 0 Å². The summed E-state index contributed by atoms with van der Waals surface area (Å²) in [7, 11) is 5.21. The van der Waals surface area contributed by atoms with Crippen molar-refractivity contribution in [3.05, 3.63) is 11.6 Å². The first-order valence-electron chi connectivity index (χ1n) is 21.0. The number of esters is 1. The number of hydrogen-bond donors (Lipinski definition) is 5. The molecule has 4 rings (SSSR count). The molecule has 340 valence electrons. The summed E-state index contributed by atoms with van der Waals surface area (Å²) in [4.78, 5) is 29.1. The number of fused-ring (bicyclic) bond motifs is 5. The molecule has 0 unspecified atom stereocenters. The van der Waals surface area contributed by atoms with Gasteiger partial charge in [-0.05, 0) is 81.0 Å². The fraction of sp³-hybridized carbons (Fsp3) is 0.881. The Bertz CT molecular complexity index is 1490. The monoisotopic (exact) mass is 844 g/mol. The molecular formula is C42H72N2O15.